The third kappa shape index (κ3) is 4.31. The lowest BCUT2D eigenvalue weighted by Crippen LogP contribution is -2.41. The van der Waals surface area contributed by atoms with Crippen LogP contribution in [-0.2, 0) is 9.53 Å². The molecule has 2 N–H and O–H groups in total. The fraction of sp³-hybridized carbons (Fsp3) is 0.571. The standard InChI is InChI=1S/C14H22N2O3S/c1-6-19-14(18)12-11(9(4)7-20-12)16-13(17)10(5)15-8(2)3/h7-8,10,15H,6H2,1-5H3,(H,16,17). The highest BCUT2D eigenvalue weighted by atomic mass is 32.1. The zero-order valence-electron chi connectivity index (χ0n) is 12.6. The lowest BCUT2D eigenvalue weighted by atomic mass is 10.2. The number of thiophene rings is 1. The molecule has 0 spiro atoms. The van der Waals surface area contributed by atoms with Crippen molar-refractivity contribution in [2.24, 2.45) is 0 Å². The van der Waals surface area contributed by atoms with Gasteiger partial charge in [-0.05, 0) is 31.7 Å². The SMILES string of the molecule is CCOC(=O)c1scc(C)c1NC(=O)C(C)NC(C)C. The number of carbonyl (C=O) groups excluding carboxylic acids is 2. The summed E-state index contributed by atoms with van der Waals surface area (Å²) in [5.41, 5.74) is 1.42. The van der Waals surface area contributed by atoms with Crippen molar-refractivity contribution >= 4 is 28.9 Å². The predicted molar refractivity (Wildman–Crippen MR) is 81.4 cm³/mol. The molecule has 1 aromatic heterocycles. The maximum absolute atomic E-state index is 12.1. The van der Waals surface area contributed by atoms with Crippen molar-refractivity contribution < 1.29 is 14.3 Å². The summed E-state index contributed by atoms with van der Waals surface area (Å²) >= 11 is 1.28. The van der Waals surface area contributed by atoms with Gasteiger partial charge in [0.25, 0.3) is 0 Å². The number of amides is 1. The lowest BCUT2D eigenvalue weighted by Gasteiger charge is -2.17. The van der Waals surface area contributed by atoms with Gasteiger partial charge >= 0.3 is 5.97 Å². The Labute approximate surface area is 123 Å². The molecule has 20 heavy (non-hydrogen) atoms. The molecule has 1 atom stereocenters. The van der Waals surface area contributed by atoms with Crippen LogP contribution in [0.4, 0.5) is 5.69 Å². The van der Waals surface area contributed by atoms with E-state index in [2.05, 4.69) is 10.6 Å². The third-order valence-electron chi connectivity index (χ3n) is 2.66. The van der Waals surface area contributed by atoms with E-state index >= 15 is 0 Å². The number of rotatable bonds is 6. The molecule has 0 saturated carbocycles. The molecule has 1 unspecified atom stereocenters. The summed E-state index contributed by atoms with van der Waals surface area (Å²) < 4.78 is 4.99. The Bertz CT molecular complexity index is 483. The van der Waals surface area contributed by atoms with Crippen LogP contribution < -0.4 is 10.6 Å². The number of hydrogen-bond acceptors (Lipinski definition) is 5. The molecule has 0 fully saturated rings. The molecule has 1 heterocycles. The highest BCUT2D eigenvalue weighted by molar-refractivity contribution is 7.12. The zero-order chi connectivity index (χ0) is 15.3. The summed E-state index contributed by atoms with van der Waals surface area (Å²) in [6, 6.07) is -0.117. The van der Waals surface area contributed by atoms with Crippen molar-refractivity contribution in [2.45, 2.75) is 46.7 Å². The van der Waals surface area contributed by atoms with E-state index in [0.717, 1.165) is 5.56 Å². The van der Waals surface area contributed by atoms with Crippen LogP contribution in [0.1, 0.15) is 42.9 Å². The van der Waals surface area contributed by atoms with Gasteiger partial charge in [0.15, 0.2) is 0 Å². The number of anilines is 1. The molecular formula is C14H22N2O3S. The molecule has 0 saturated heterocycles. The van der Waals surface area contributed by atoms with Crippen LogP contribution in [0.3, 0.4) is 0 Å². The molecule has 0 aliphatic rings. The van der Waals surface area contributed by atoms with Gasteiger partial charge in [0, 0.05) is 6.04 Å². The molecule has 112 valence electrons. The molecule has 5 nitrogen and oxygen atoms in total. The van der Waals surface area contributed by atoms with Crippen LogP contribution in [0.25, 0.3) is 0 Å². The monoisotopic (exact) mass is 298 g/mol. The molecule has 0 aliphatic heterocycles. The molecule has 0 radical (unpaired) electrons. The first-order valence-electron chi connectivity index (χ1n) is 6.68. The van der Waals surface area contributed by atoms with Crippen molar-refractivity contribution in [3.05, 3.63) is 15.8 Å². The minimum absolute atomic E-state index is 0.161. The Morgan fingerprint density at radius 1 is 1.35 bits per heavy atom. The van der Waals surface area contributed by atoms with Crippen molar-refractivity contribution in [3.63, 3.8) is 0 Å². The van der Waals surface area contributed by atoms with Gasteiger partial charge in [-0.1, -0.05) is 13.8 Å². The first kappa shape index (κ1) is 16.7. The maximum atomic E-state index is 12.1. The van der Waals surface area contributed by atoms with Gasteiger partial charge in [-0.25, -0.2) is 4.79 Å². The fourth-order valence-electron chi connectivity index (χ4n) is 1.75. The number of carbonyl (C=O) groups is 2. The molecule has 1 aromatic rings. The first-order chi connectivity index (χ1) is 9.36. The Morgan fingerprint density at radius 3 is 2.55 bits per heavy atom. The van der Waals surface area contributed by atoms with Crippen LogP contribution in [0, 0.1) is 6.92 Å². The predicted octanol–water partition coefficient (Wildman–Crippen LogP) is 2.56. The van der Waals surface area contributed by atoms with Gasteiger partial charge in [-0.15, -0.1) is 11.3 Å². The first-order valence-corrected chi connectivity index (χ1v) is 7.56. The second-order valence-electron chi connectivity index (χ2n) is 4.88. The number of hydrogen-bond donors (Lipinski definition) is 2. The van der Waals surface area contributed by atoms with Crippen molar-refractivity contribution in [2.75, 3.05) is 11.9 Å². The Hall–Kier alpha value is -1.40. The number of ether oxygens (including phenoxy) is 1. The second-order valence-corrected chi connectivity index (χ2v) is 5.76. The number of aryl methyl sites for hydroxylation is 1. The van der Waals surface area contributed by atoms with Gasteiger partial charge in [-0.3, -0.25) is 4.79 Å². The quantitative estimate of drug-likeness (QED) is 0.792. The fourth-order valence-corrected chi connectivity index (χ4v) is 2.65. The molecular weight excluding hydrogens is 276 g/mol. The van der Waals surface area contributed by atoms with Crippen LogP contribution in [-0.4, -0.2) is 30.6 Å². The largest absolute Gasteiger partial charge is 0.462 e. The summed E-state index contributed by atoms with van der Waals surface area (Å²) in [6.45, 7) is 9.67. The van der Waals surface area contributed by atoms with Gasteiger partial charge in [0.05, 0.1) is 18.3 Å². The van der Waals surface area contributed by atoms with E-state index < -0.39 is 5.97 Å². The van der Waals surface area contributed by atoms with Gasteiger partial charge in [0.2, 0.25) is 5.91 Å². The average Bonchev–Trinajstić information content (AvgIpc) is 2.70. The number of nitrogens with one attached hydrogen (secondary N) is 2. The Balaban J connectivity index is 2.84. The van der Waals surface area contributed by atoms with E-state index in [1.165, 1.54) is 11.3 Å². The van der Waals surface area contributed by atoms with Crippen LogP contribution in [0.15, 0.2) is 5.38 Å². The summed E-state index contributed by atoms with van der Waals surface area (Å²) in [4.78, 5) is 24.4. The van der Waals surface area contributed by atoms with E-state index in [9.17, 15) is 9.59 Å². The molecule has 6 heteroatoms. The van der Waals surface area contributed by atoms with Gasteiger partial charge in [-0.2, -0.15) is 0 Å². The Kier molecular flexibility index (Phi) is 6.16. The molecule has 1 rings (SSSR count). The lowest BCUT2D eigenvalue weighted by molar-refractivity contribution is -0.117. The number of esters is 1. The highest BCUT2D eigenvalue weighted by Crippen LogP contribution is 2.28. The van der Waals surface area contributed by atoms with Crippen LogP contribution >= 0.6 is 11.3 Å². The highest BCUT2D eigenvalue weighted by Gasteiger charge is 2.21. The summed E-state index contributed by atoms with van der Waals surface area (Å²) in [6.07, 6.45) is 0. The average molecular weight is 298 g/mol. The van der Waals surface area contributed by atoms with Crippen molar-refractivity contribution in [1.82, 2.24) is 5.32 Å². The Morgan fingerprint density at radius 2 is 2.00 bits per heavy atom. The van der Waals surface area contributed by atoms with E-state index in [4.69, 9.17) is 4.74 Å². The second kappa shape index (κ2) is 7.40. The molecule has 0 aliphatic carbocycles. The molecule has 0 bridgehead atoms. The van der Waals surface area contributed by atoms with E-state index in [1.54, 1.807) is 13.8 Å². The summed E-state index contributed by atoms with van der Waals surface area (Å²) in [7, 11) is 0. The smallest absolute Gasteiger partial charge is 0.350 e. The molecule has 1 amide bonds. The summed E-state index contributed by atoms with van der Waals surface area (Å²) in [5.74, 6) is -0.559. The topological polar surface area (TPSA) is 67.4 Å². The van der Waals surface area contributed by atoms with E-state index in [1.807, 2.05) is 26.2 Å². The maximum Gasteiger partial charge on any atom is 0.350 e. The zero-order valence-corrected chi connectivity index (χ0v) is 13.4. The minimum Gasteiger partial charge on any atom is -0.462 e. The van der Waals surface area contributed by atoms with Crippen LogP contribution in [0.5, 0.6) is 0 Å². The third-order valence-corrected chi connectivity index (χ3v) is 3.74. The van der Waals surface area contributed by atoms with Crippen molar-refractivity contribution in [3.8, 4) is 0 Å². The van der Waals surface area contributed by atoms with Crippen LogP contribution in [0.2, 0.25) is 0 Å². The van der Waals surface area contributed by atoms with Crippen molar-refractivity contribution in [1.29, 1.82) is 0 Å². The summed E-state index contributed by atoms with van der Waals surface area (Å²) in [5, 5.41) is 7.77. The molecule has 0 aromatic carbocycles. The minimum atomic E-state index is -0.398. The normalized spacial score (nSPS) is 12.3. The van der Waals surface area contributed by atoms with E-state index in [0.29, 0.717) is 17.2 Å². The van der Waals surface area contributed by atoms with E-state index in [-0.39, 0.29) is 18.0 Å². The van der Waals surface area contributed by atoms with Gasteiger partial charge < -0.3 is 15.4 Å². The van der Waals surface area contributed by atoms with Gasteiger partial charge in [0.1, 0.15) is 4.88 Å².